The summed E-state index contributed by atoms with van der Waals surface area (Å²) in [5.74, 6) is -1.02. The highest BCUT2D eigenvalue weighted by molar-refractivity contribution is 5.97. The number of ether oxygens (including phenoxy) is 2. The monoisotopic (exact) mass is 381 g/mol. The van der Waals surface area contributed by atoms with Crippen LogP contribution in [0.4, 0.5) is 13.2 Å². The lowest BCUT2D eigenvalue weighted by atomic mass is 10.0. The molecule has 0 saturated heterocycles. The fourth-order valence-corrected chi connectivity index (χ4v) is 2.51. The van der Waals surface area contributed by atoms with Gasteiger partial charge in [-0.3, -0.25) is 4.79 Å². The second-order valence-corrected chi connectivity index (χ2v) is 5.64. The number of hydrogen-bond acceptors (Lipinski definition) is 4. The molecule has 144 valence electrons. The largest absolute Gasteiger partial charge is 0.496 e. The number of esters is 1. The fraction of sp³-hybridized carbons (Fsp3) is 0.263. The highest BCUT2D eigenvalue weighted by Crippen LogP contribution is 2.29. The smallest absolute Gasteiger partial charge is 0.416 e. The number of para-hydroxylation sites is 1. The second-order valence-electron chi connectivity index (χ2n) is 5.64. The van der Waals surface area contributed by atoms with Crippen LogP contribution in [-0.4, -0.2) is 32.1 Å². The molecule has 2 aromatic carbocycles. The van der Waals surface area contributed by atoms with E-state index in [1.165, 1.54) is 13.2 Å². The molecule has 2 aromatic rings. The Kier molecular flexibility index (Phi) is 6.44. The third kappa shape index (κ3) is 5.22. The highest BCUT2D eigenvalue weighted by atomic mass is 19.4. The van der Waals surface area contributed by atoms with E-state index in [9.17, 15) is 22.8 Å². The van der Waals surface area contributed by atoms with Gasteiger partial charge in [-0.2, -0.15) is 13.2 Å². The van der Waals surface area contributed by atoms with Gasteiger partial charge < -0.3 is 14.8 Å². The predicted molar refractivity (Wildman–Crippen MR) is 91.4 cm³/mol. The maximum absolute atomic E-state index is 12.8. The molecule has 0 heterocycles. The molecule has 27 heavy (non-hydrogen) atoms. The summed E-state index contributed by atoms with van der Waals surface area (Å²) in [4.78, 5) is 24.4. The number of amides is 1. The Morgan fingerprint density at radius 1 is 1.07 bits per heavy atom. The van der Waals surface area contributed by atoms with Crippen LogP contribution < -0.4 is 10.1 Å². The first-order chi connectivity index (χ1) is 12.8. The Labute approximate surface area is 154 Å². The van der Waals surface area contributed by atoms with E-state index in [-0.39, 0.29) is 12.0 Å². The minimum Gasteiger partial charge on any atom is -0.496 e. The minimum atomic E-state index is -4.57. The topological polar surface area (TPSA) is 64.6 Å². The molecule has 2 rings (SSSR count). The molecule has 0 radical (unpaired) electrons. The normalized spacial score (nSPS) is 12.2. The van der Waals surface area contributed by atoms with Crippen molar-refractivity contribution in [1.82, 2.24) is 5.32 Å². The second kappa shape index (κ2) is 8.57. The Hall–Kier alpha value is -3.03. The first-order valence-corrected chi connectivity index (χ1v) is 7.94. The summed E-state index contributed by atoms with van der Waals surface area (Å²) in [7, 11) is 2.63. The Bertz CT molecular complexity index is 821. The number of alkyl halides is 3. The van der Waals surface area contributed by atoms with Gasteiger partial charge in [0, 0.05) is 12.0 Å². The van der Waals surface area contributed by atoms with Crippen molar-refractivity contribution in [3.63, 3.8) is 0 Å². The maximum Gasteiger partial charge on any atom is 0.416 e. The zero-order valence-electron chi connectivity index (χ0n) is 14.7. The molecule has 1 amide bonds. The third-order valence-electron chi connectivity index (χ3n) is 3.86. The summed E-state index contributed by atoms with van der Waals surface area (Å²) >= 11 is 0. The molecule has 8 heteroatoms. The number of rotatable bonds is 6. The number of halogens is 3. The van der Waals surface area contributed by atoms with Crippen LogP contribution in [0.15, 0.2) is 48.5 Å². The molecule has 0 aromatic heterocycles. The lowest BCUT2D eigenvalue weighted by Crippen LogP contribution is -2.43. The summed E-state index contributed by atoms with van der Waals surface area (Å²) in [6.45, 7) is 0. The van der Waals surface area contributed by atoms with Crippen molar-refractivity contribution in [2.75, 3.05) is 14.2 Å². The number of methoxy groups -OCH3 is 2. The third-order valence-corrected chi connectivity index (χ3v) is 3.86. The van der Waals surface area contributed by atoms with Crippen LogP contribution in [-0.2, 0) is 22.1 Å². The van der Waals surface area contributed by atoms with Crippen LogP contribution in [0.1, 0.15) is 21.5 Å². The van der Waals surface area contributed by atoms with E-state index < -0.39 is 29.7 Å². The molecule has 0 spiro atoms. The van der Waals surface area contributed by atoms with Crippen molar-refractivity contribution in [2.45, 2.75) is 18.6 Å². The quantitative estimate of drug-likeness (QED) is 0.781. The number of nitrogens with one attached hydrogen (secondary N) is 1. The maximum atomic E-state index is 12.8. The first-order valence-electron chi connectivity index (χ1n) is 7.94. The summed E-state index contributed by atoms with van der Waals surface area (Å²) in [5.41, 5.74) is -0.520. The Balaban J connectivity index is 2.23. The van der Waals surface area contributed by atoms with Gasteiger partial charge in [0.15, 0.2) is 0 Å². The molecule has 0 aliphatic heterocycles. The SMILES string of the molecule is COC(=O)[C@H](Cc1ccccc1OC)NC(=O)c1cccc(C(F)(F)F)c1. The van der Waals surface area contributed by atoms with Crippen molar-refractivity contribution in [3.8, 4) is 5.75 Å². The molecular weight excluding hydrogens is 363 g/mol. The molecule has 0 fully saturated rings. The number of carbonyl (C=O) groups is 2. The molecule has 0 aliphatic rings. The number of carbonyl (C=O) groups excluding carboxylic acids is 2. The van der Waals surface area contributed by atoms with E-state index in [1.807, 2.05) is 0 Å². The highest BCUT2D eigenvalue weighted by Gasteiger charge is 2.31. The van der Waals surface area contributed by atoms with E-state index in [2.05, 4.69) is 5.32 Å². The lowest BCUT2D eigenvalue weighted by molar-refractivity contribution is -0.143. The van der Waals surface area contributed by atoms with Gasteiger partial charge >= 0.3 is 12.1 Å². The van der Waals surface area contributed by atoms with E-state index in [4.69, 9.17) is 9.47 Å². The molecule has 1 atom stereocenters. The molecule has 0 saturated carbocycles. The van der Waals surface area contributed by atoms with E-state index in [0.717, 1.165) is 25.3 Å². The van der Waals surface area contributed by atoms with Crippen LogP contribution in [0.25, 0.3) is 0 Å². The summed E-state index contributed by atoms with van der Waals surface area (Å²) in [6.07, 6.45) is -4.52. The fourth-order valence-electron chi connectivity index (χ4n) is 2.51. The van der Waals surface area contributed by atoms with Crippen molar-refractivity contribution < 1.29 is 32.2 Å². The Morgan fingerprint density at radius 3 is 2.41 bits per heavy atom. The predicted octanol–water partition coefficient (Wildman–Crippen LogP) is 3.23. The number of hydrogen-bond donors (Lipinski definition) is 1. The van der Waals surface area contributed by atoms with Crippen LogP contribution in [0.5, 0.6) is 5.75 Å². The van der Waals surface area contributed by atoms with Crippen molar-refractivity contribution in [3.05, 3.63) is 65.2 Å². The standard InChI is InChI=1S/C19H18F3NO4/c1-26-16-9-4-3-6-12(16)11-15(18(25)27-2)23-17(24)13-7-5-8-14(10-13)19(20,21)22/h3-10,15H,11H2,1-2H3,(H,23,24)/t15-/m0/s1. The van der Waals surface area contributed by atoms with Crippen LogP contribution >= 0.6 is 0 Å². The Morgan fingerprint density at radius 2 is 1.78 bits per heavy atom. The van der Waals surface area contributed by atoms with Crippen LogP contribution in [0, 0.1) is 0 Å². The summed E-state index contributed by atoms with van der Waals surface area (Å²) in [6, 6.07) is 9.76. The molecule has 5 nitrogen and oxygen atoms in total. The zero-order valence-corrected chi connectivity index (χ0v) is 14.7. The molecule has 1 N–H and O–H groups in total. The lowest BCUT2D eigenvalue weighted by Gasteiger charge is -2.18. The van der Waals surface area contributed by atoms with Gasteiger partial charge in [-0.05, 0) is 29.8 Å². The van der Waals surface area contributed by atoms with Gasteiger partial charge in [-0.1, -0.05) is 24.3 Å². The van der Waals surface area contributed by atoms with Gasteiger partial charge in [-0.25, -0.2) is 4.79 Å². The molecule has 0 aliphatic carbocycles. The van der Waals surface area contributed by atoms with Crippen LogP contribution in [0.2, 0.25) is 0 Å². The van der Waals surface area contributed by atoms with Gasteiger partial charge in [-0.15, -0.1) is 0 Å². The van der Waals surface area contributed by atoms with Crippen LogP contribution in [0.3, 0.4) is 0 Å². The van der Waals surface area contributed by atoms with E-state index in [1.54, 1.807) is 24.3 Å². The zero-order chi connectivity index (χ0) is 20.0. The molecule has 0 unspecified atom stereocenters. The van der Waals surface area contributed by atoms with Gasteiger partial charge in [0.25, 0.3) is 5.91 Å². The van der Waals surface area contributed by atoms with Crippen molar-refractivity contribution in [1.29, 1.82) is 0 Å². The number of benzene rings is 2. The van der Waals surface area contributed by atoms with Gasteiger partial charge in [0.05, 0.1) is 19.8 Å². The summed E-state index contributed by atoms with van der Waals surface area (Å²) in [5, 5.41) is 2.43. The van der Waals surface area contributed by atoms with E-state index in [0.29, 0.717) is 11.3 Å². The van der Waals surface area contributed by atoms with Gasteiger partial charge in [0.2, 0.25) is 0 Å². The molecular formula is C19H18F3NO4. The van der Waals surface area contributed by atoms with E-state index >= 15 is 0 Å². The first kappa shape index (κ1) is 20.3. The molecule has 0 bridgehead atoms. The average molecular weight is 381 g/mol. The summed E-state index contributed by atoms with van der Waals surface area (Å²) < 4.78 is 48.4. The minimum absolute atomic E-state index is 0.0569. The van der Waals surface area contributed by atoms with Gasteiger partial charge in [0.1, 0.15) is 11.8 Å². The van der Waals surface area contributed by atoms with Crippen molar-refractivity contribution in [2.24, 2.45) is 0 Å². The van der Waals surface area contributed by atoms with Crippen molar-refractivity contribution >= 4 is 11.9 Å². The average Bonchev–Trinajstić information content (AvgIpc) is 2.66.